The summed E-state index contributed by atoms with van der Waals surface area (Å²) in [5.41, 5.74) is 2.87. The van der Waals surface area contributed by atoms with E-state index in [9.17, 15) is 4.79 Å². The van der Waals surface area contributed by atoms with Crippen LogP contribution in [0.4, 0.5) is 22.2 Å². The molecule has 0 radical (unpaired) electrons. The van der Waals surface area contributed by atoms with E-state index in [2.05, 4.69) is 61.8 Å². The molecule has 3 aliphatic heterocycles. The zero-order valence-corrected chi connectivity index (χ0v) is 22.2. The van der Waals surface area contributed by atoms with Crippen molar-refractivity contribution in [2.24, 2.45) is 5.92 Å². The van der Waals surface area contributed by atoms with Crippen LogP contribution >= 0.6 is 0 Å². The van der Waals surface area contributed by atoms with Crippen LogP contribution in [0.2, 0.25) is 0 Å². The van der Waals surface area contributed by atoms with Crippen molar-refractivity contribution >= 4 is 29.6 Å². The fourth-order valence-corrected chi connectivity index (χ4v) is 4.97. The van der Waals surface area contributed by atoms with E-state index < -0.39 is 5.60 Å². The average Bonchev–Trinajstić information content (AvgIpc) is 2.83. The van der Waals surface area contributed by atoms with Crippen molar-refractivity contribution in [2.75, 3.05) is 62.6 Å². The lowest BCUT2D eigenvalue weighted by Crippen LogP contribution is -2.52. The number of piperazine rings is 1. The lowest BCUT2D eigenvalue weighted by molar-refractivity contribution is -0.00179. The van der Waals surface area contributed by atoms with Gasteiger partial charge in [-0.2, -0.15) is 4.98 Å². The van der Waals surface area contributed by atoms with Crippen LogP contribution in [-0.2, 0) is 11.3 Å². The topological polar surface area (TPSA) is 85.9 Å². The van der Waals surface area contributed by atoms with Gasteiger partial charge in [0.2, 0.25) is 5.95 Å². The number of nitrogens with one attached hydrogen (secondary N) is 2. The number of fused-ring (bicyclic) bond motifs is 1. The minimum absolute atomic E-state index is 0.213. The molecular weight excluding hydrogens is 466 g/mol. The van der Waals surface area contributed by atoms with Gasteiger partial charge in [0.1, 0.15) is 11.4 Å². The maximum absolute atomic E-state index is 12.2. The summed E-state index contributed by atoms with van der Waals surface area (Å²) in [4.78, 5) is 28.3. The van der Waals surface area contributed by atoms with Crippen molar-refractivity contribution in [3.8, 4) is 0 Å². The van der Waals surface area contributed by atoms with Crippen LogP contribution < -0.4 is 15.5 Å². The Morgan fingerprint density at radius 1 is 1.22 bits per heavy atom. The van der Waals surface area contributed by atoms with Crippen LogP contribution in [0.5, 0.6) is 0 Å². The van der Waals surface area contributed by atoms with Crippen LogP contribution in [-0.4, -0.2) is 83.8 Å². The Bertz CT molecular complexity index is 1120. The zero-order chi connectivity index (χ0) is 25.8. The Labute approximate surface area is 219 Å². The van der Waals surface area contributed by atoms with Gasteiger partial charge in [-0.15, -0.1) is 0 Å². The molecule has 0 aliphatic carbocycles. The van der Waals surface area contributed by atoms with Gasteiger partial charge in [0, 0.05) is 76.4 Å². The quantitative estimate of drug-likeness (QED) is 0.589. The third-order valence-corrected chi connectivity index (χ3v) is 6.93. The molecular formula is C28H39N7O2. The van der Waals surface area contributed by atoms with Gasteiger partial charge in [0.15, 0.2) is 0 Å². The summed E-state index contributed by atoms with van der Waals surface area (Å²) in [7, 11) is 0. The van der Waals surface area contributed by atoms with E-state index in [0.717, 1.165) is 82.4 Å². The number of carbonyl (C=O) groups excluding carboxylic acids is 1. The predicted molar refractivity (Wildman–Crippen MR) is 147 cm³/mol. The molecule has 2 saturated heterocycles. The molecule has 0 bridgehead atoms. The van der Waals surface area contributed by atoms with Gasteiger partial charge in [0.05, 0.1) is 0 Å². The molecule has 4 heterocycles. The summed E-state index contributed by atoms with van der Waals surface area (Å²) in [6, 6.07) is 8.52. The first-order valence-corrected chi connectivity index (χ1v) is 13.4. The van der Waals surface area contributed by atoms with Gasteiger partial charge >= 0.3 is 6.09 Å². The number of hydrogen-bond donors (Lipinski definition) is 2. The summed E-state index contributed by atoms with van der Waals surface area (Å²) in [5, 5.41) is 6.82. The number of benzene rings is 1. The first-order valence-electron chi connectivity index (χ1n) is 13.4. The van der Waals surface area contributed by atoms with Gasteiger partial charge in [-0.25, -0.2) is 9.78 Å². The van der Waals surface area contributed by atoms with E-state index in [0.29, 0.717) is 11.9 Å². The smallest absolute Gasteiger partial charge is 0.410 e. The molecule has 2 fully saturated rings. The highest BCUT2D eigenvalue weighted by molar-refractivity contribution is 5.70. The van der Waals surface area contributed by atoms with Gasteiger partial charge in [-0.3, -0.25) is 4.90 Å². The van der Waals surface area contributed by atoms with E-state index in [-0.39, 0.29) is 6.09 Å². The highest BCUT2D eigenvalue weighted by Crippen LogP contribution is 2.28. The van der Waals surface area contributed by atoms with Crippen molar-refractivity contribution in [1.29, 1.82) is 0 Å². The Morgan fingerprint density at radius 3 is 2.81 bits per heavy atom. The van der Waals surface area contributed by atoms with Gasteiger partial charge < -0.3 is 25.2 Å². The second-order valence-corrected chi connectivity index (χ2v) is 11.2. The number of hydrogen-bond acceptors (Lipinski definition) is 8. The molecule has 9 nitrogen and oxygen atoms in total. The average molecular weight is 506 g/mol. The van der Waals surface area contributed by atoms with Crippen LogP contribution in [0.3, 0.4) is 0 Å². The van der Waals surface area contributed by atoms with E-state index >= 15 is 0 Å². The highest BCUT2D eigenvalue weighted by atomic mass is 16.6. The minimum Gasteiger partial charge on any atom is -0.444 e. The molecule has 5 rings (SSSR count). The molecule has 0 unspecified atom stereocenters. The van der Waals surface area contributed by atoms with E-state index in [4.69, 9.17) is 9.72 Å². The molecule has 1 aromatic heterocycles. The van der Waals surface area contributed by atoms with Gasteiger partial charge in [-0.1, -0.05) is 24.3 Å². The molecule has 0 atom stereocenters. The number of aromatic nitrogens is 2. The summed E-state index contributed by atoms with van der Waals surface area (Å²) < 4.78 is 5.48. The summed E-state index contributed by atoms with van der Waals surface area (Å²) in [6.45, 7) is 14.1. The maximum Gasteiger partial charge on any atom is 0.410 e. The number of anilines is 3. The van der Waals surface area contributed by atoms with Gasteiger partial charge in [0.25, 0.3) is 0 Å². The maximum atomic E-state index is 12.2. The number of likely N-dealkylation sites (tertiary alicyclic amines) is 1. The summed E-state index contributed by atoms with van der Waals surface area (Å²) in [5.74, 6) is 2.05. The molecule has 0 saturated carbocycles. The van der Waals surface area contributed by atoms with Crippen molar-refractivity contribution in [1.82, 2.24) is 25.1 Å². The van der Waals surface area contributed by atoms with Crippen molar-refractivity contribution in [3.63, 3.8) is 0 Å². The number of carbonyl (C=O) groups is 1. The lowest BCUT2D eigenvalue weighted by atomic mass is 9.96. The number of amides is 1. The Morgan fingerprint density at radius 2 is 2.03 bits per heavy atom. The summed E-state index contributed by atoms with van der Waals surface area (Å²) in [6.07, 6.45) is 6.94. The second kappa shape index (κ2) is 11.1. The van der Waals surface area contributed by atoms with Crippen LogP contribution in [0, 0.1) is 5.92 Å². The van der Waals surface area contributed by atoms with Crippen molar-refractivity contribution in [2.45, 2.75) is 39.3 Å². The largest absolute Gasteiger partial charge is 0.444 e. The third-order valence-electron chi connectivity index (χ3n) is 6.93. The molecule has 198 valence electrons. The lowest BCUT2D eigenvalue weighted by Gasteiger charge is -2.40. The molecule has 37 heavy (non-hydrogen) atoms. The fourth-order valence-electron chi connectivity index (χ4n) is 4.97. The highest BCUT2D eigenvalue weighted by Gasteiger charge is 2.33. The normalized spacial score (nSPS) is 18.4. The number of ether oxygens (including phenoxy) is 1. The molecule has 0 spiro atoms. The number of rotatable bonds is 7. The van der Waals surface area contributed by atoms with Crippen LogP contribution in [0.15, 0.2) is 36.5 Å². The predicted octanol–water partition coefficient (Wildman–Crippen LogP) is 3.72. The molecule has 3 aliphatic rings. The second-order valence-electron chi connectivity index (χ2n) is 11.2. The Balaban J connectivity index is 1.17. The Hall–Kier alpha value is -3.17. The standard InChI is InChI=1S/C28H39N7O2/c1-28(2,3)37-27(36)35-19-22(20-35)9-13-34-12-5-7-23-17-30-26(32-25(23)34)31-24-8-4-6-21(16-24)18-33-14-10-29-11-15-33/h4-8,16-17,22,29H,9-15,18-20H2,1-3H3,(H,30,31,32). The molecule has 1 amide bonds. The van der Waals surface area contributed by atoms with E-state index in [1.54, 1.807) is 4.90 Å². The van der Waals surface area contributed by atoms with Crippen LogP contribution in [0.25, 0.3) is 6.08 Å². The fraction of sp³-hybridized carbons (Fsp3) is 0.536. The third kappa shape index (κ3) is 6.78. The van der Waals surface area contributed by atoms with Crippen molar-refractivity contribution < 1.29 is 9.53 Å². The Kier molecular flexibility index (Phi) is 7.62. The molecule has 9 heteroatoms. The first-order chi connectivity index (χ1) is 17.8. The monoisotopic (exact) mass is 505 g/mol. The van der Waals surface area contributed by atoms with Crippen LogP contribution in [0.1, 0.15) is 38.3 Å². The first kappa shape index (κ1) is 25.5. The minimum atomic E-state index is -0.455. The molecule has 1 aromatic carbocycles. The zero-order valence-electron chi connectivity index (χ0n) is 22.2. The van der Waals surface area contributed by atoms with E-state index in [1.165, 1.54) is 5.56 Å². The van der Waals surface area contributed by atoms with Gasteiger partial charge in [-0.05, 0) is 50.8 Å². The van der Waals surface area contributed by atoms with Crippen molar-refractivity contribution in [3.05, 3.63) is 47.7 Å². The van der Waals surface area contributed by atoms with E-state index in [1.807, 2.05) is 27.0 Å². The molecule has 2 N–H and O–H groups in total. The molecule has 2 aromatic rings. The SMILES string of the molecule is CC(C)(C)OC(=O)N1CC(CCN2CC=Cc3cnc(Nc4cccc(CN5CCNCC5)c4)nc32)C1. The number of nitrogens with zero attached hydrogens (tertiary/aromatic N) is 5. The summed E-state index contributed by atoms with van der Waals surface area (Å²) >= 11 is 0.